The molecule has 1 heterocycles. The topological polar surface area (TPSA) is 8.17 Å². The minimum Gasteiger partial charge on any atom is -0.346 e. The molecule has 0 aliphatic carbocycles. The molecule has 0 saturated carbocycles. The van der Waals surface area contributed by atoms with E-state index in [0.717, 1.165) is 18.7 Å². The zero-order chi connectivity index (χ0) is 20.1. The lowest BCUT2D eigenvalue weighted by molar-refractivity contribution is 0.148. The monoisotopic (exact) mass is 378 g/mol. The summed E-state index contributed by atoms with van der Waals surface area (Å²) in [5, 5.41) is 0. The van der Waals surface area contributed by atoms with Crippen molar-refractivity contribution in [3.63, 3.8) is 0 Å². The predicted octanol–water partition coefficient (Wildman–Crippen LogP) is 6.03. The summed E-state index contributed by atoms with van der Waals surface area (Å²) in [6.45, 7) is 11.3. The Labute approximate surface area is 168 Å². The lowest BCUT2D eigenvalue weighted by Gasteiger charge is -2.32. The summed E-state index contributed by atoms with van der Waals surface area (Å²) in [6.07, 6.45) is 2.05. The largest absolute Gasteiger partial charge is 0.346 e. The highest BCUT2D eigenvalue weighted by molar-refractivity contribution is 5.26. The molecule has 0 amide bonds. The molecule has 0 unspecified atom stereocenters. The van der Waals surface area contributed by atoms with Crippen molar-refractivity contribution in [2.75, 3.05) is 0 Å². The molecule has 2 nitrogen and oxygen atoms in total. The van der Waals surface area contributed by atoms with Crippen molar-refractivity contribution in [3.8, 4) is 0 Å². The average molecular weight is 379 g/mol. The first kappa shape index (κ1) is 20.3. The van der Waals surface area contributed by atoms with Crippen LogP contribution in [0.5, 0.6) is 0 Å². The van der Waals surface area contributed by atoms with Gasteiger partial charge in [0.1, 0.15) is 5.82 Å². The molecule has 1 aromatic heterocycles. The van der Waals surface area contributed by atoms with Crippen LogP contribution in [0, 0.1) is 18.7 Å². The number of hydrogen-bond donors (Lipinski definition) is 0. The summed E-state index contributed by atoms with van der Waals surface area (Å²) in [4.78, 5) is 2.53. The van der Waals surface area contributed by atoms with Gasteiger partial charge in [0.15, 0.2) is 0 Å². The van der Waals surface area contributed by atoms with Gasteiger partial charge in [-0.15, -0.1) is 0 Å². The minimum atomic E-state index is -0.144. The number of aryl methyl sites for hydroxylation is 1. The number of nitrogens with zero attached hydrogens (tertiary/aromatic N) is 2. The third-order valence-corrected chi connectivity index (χ3v) is 5.76. The summed E-state index contributed by atoms with van der Waals surface area (Å²) in [6, 6.07) is 20.3. The molecular formula is C25H31FN2. The van der Waals surface area contributed by atoms with E-state index < -0.39 is 0 Å². The second kappa shape index (κ2) is 9.20. The molecule has 0 saturated heterocycles. The molecule has 148 valence electrons. The molecule has 0 radical (unpaired) electrons. The van der Waals surface area contributed by atoms with Gasteiger partial charge in [0, 0.05) is 36.6 Å². The molecule has 3 rings (SSSR count). The zero-order valence-corrected chi connectivity index (χ0v) is 17.4. The second-order valence-electron chi connectivity index (χ2n) is 8.03. The summed E-state index contributed by atoms with van der Waals surface area (Å²) < 4.78 is 16.3. The summed E-state index contributed by atoms with van der Waals surface area (Å²) in [5.74, 6) is 0.411. The van der Waals surface area contributed by atoms with Crippen molar-refractivity contribution in [2.24, 2.45) is 5.92 Å². The first-order chi connectivity index (χ1) is 13.5. The van der Waals surface area contributed by atoms with Gasteiger partial charge in [0.25, 0.3) is 0 Å². The fourth-order valence-electron chi connectivity index (χ4n) is 3.54. The van der Waals surface area contributed by atoms with E-state index in [-0.39, 0.29) is 5.82 Å². The van der Waals surface area contributed by atoms with E-state index in [1.165, 1.54) is 22.9 Å². The quantitative estimate of drug-likeness (QED) is 0.464. The third kappa shape index (κ3) is 4.90. The van der Waals surface area contributed by atoms with Gasteiger partial charge in [-0.05, 0) is 49.1 Å². The van der Waals surface area contributed by atoms with Gasteiger partial charge in [0.05, 0.1) is 6.54 Å². The van der Waals surface area contributed by atoms with Crippen molar-refractivity contribution < 1.29 is 4.39 Å². The van der Waals surface area contributed by atoms with Gasteiger partial charge < -0.3 is 4.57 Å². The van der Waals surface area contributed by atoms with Crippen LogP contribution >= 0.6 is 0 Å². The molecule has 0 fully saturated rings. The highest BCUT2D eigenvalue weighted by Crippen LogP contribution is 2.21. The molecular weight excluding hydrogens is 347 g/mol. The van der Waals surface area contributed by atoms with Crippen LogP contribution in [0.2, 0.25) is 0 Å². The summed E-state index contributed by atoms with van der Waals surface area (Å²) in [7, 11) is 0. The standard InChI is InChI=1S/C25H31FN2/c1-19(2)21(4)28(16-22-11-6-5-10-20(22)3)18-24-13-9-15-27(24)17-23-12-7-8-14-25(23)26/h5-15,19,21H,16-18H2,1-4H3/t21-/m1/s1. The maximum absolute atomic E-state index is 14.1. The van der Waals surface area contributed by atoms with Crippen LogP contribution in [0.25, 0.3) is 0 Å². The lowest BCUT2D eigenvalue weighted by Crippen LogP contribution is -2.36. The molecule has 0 aliphatic heterocycles. The number of aromatic nitrogens is 1. The molecule has 0 spiro atoms. The Morgan fingerprint density at radius 3 is 2.21 bits per heavy atom. The normalized spacial score (nSPS) is 12.7. The van der Waals surface area contributed by atoms with E-state index in [1.807, 2.05) is 18.3 Å². The molecule has 2 aromatic carbocycles. The van der Waals surface area contributed by atoms with Crippen molar-refractivity contribution in [1.29, 1.82) is 0 Å². The van der Waals surface area contributed by atoms with E-state index in [4.69, 9.17) is 0 Å². The van der Waals surface area contributed by atoms with Gasteiger partial charge in [-0.3, -0.25) is 4.90 Å². The van der Waals surface area contributed by atoms with E-state index >= 15 is 0 Å². The Kier molecular flexibility index (Phi) is 6.69. The molecule has 0 aliphatic rings. The average Bonchev–Trinajstić information content (AvgIpc) is 3.11. The Morgan fingerprint density at radius 1 is 0.857 bits per heavy atom. The van der Waals surface area contributed by atoms with E-state index in [2.05, 4.69) is 73.6 Å². The highest BCUT2D eigenvalue weighted by atomic mass is 19.1. The van der Waals surface area contributed by atoms with Crippen LogP contribution in [-0.2, 0) is 19.6 Å². The van der Waals surface area contributed by atoms with Crippen LogP contribution in [0.15, 0.2) is 66.9 Å². The van der Waals surface area contributed by atoms with Crippen molar-refractivity contribution >= 4 is 0 Å². The fraction of sp³-hybridized carbons (Fsp3) is 0.360. The molecule has 0 N–H and O–H groups in total. The van der Waals surface area contributed by atoms with E-state index in [0.29, 0.717) is 18.5 Å². The van der Waals surface area contributed by atoms with Crippen molar-refractivity contribution in [2.45, 2.75) is 53.4 Å². The number of halogens is 1. The zero-order valence-electron chi connectivity index (χ0n) is 17.4. The highest BCUT2D eigenvalue weighted by Gasteiger charge is 2.20. The Morgan fingerprint density at radius 2 is 1.54 bits per heavy atom. The van der Waals surface area contributed by atoms with Crippen LogP contribution in [-0.4, -0.2) is 15.5 Å². The van der Waals surface area contributed by atoms with Crippen LogP contribution in [0.4, 0.5) is 4.39 Å². The molecule has 3 aromatic rings. The van der Waals surface area contributed by atoms with E-state index in [1.54, 1.807) is 6.07 Å². The summed E-state index contributed by atoms with van der Waals surface area (Å²) >= 11 is 0. The Bertz CT molecular complexity index is 897. The lowest BCUT2D eigenvalue weighted by atomic mass is 10.0. The van der Waals surface area contributed by atoms with Gasteiger partial charge in [0.2, 0.25) is 0 Å². The van der Waals surface area contributed by atoms with Crippen molar-refractivity contribution in [1.82, 2.24) is 9.47 Å². The smallest absolute Gasteiger partial charge is 0.128 e. The molecule has 1 atom stereocenters. The maximum Gasteiger partial charge on any atom is 0.128 e. The third-order valence-electron chi connectivity index (χ3n) is 5.76. The number of benzene rings is 2. The van der Waals surface area contributed by atoms with Crippen molar-refractivity contribution in [3.05, 3.63) is 95.1 Å². The number of rotatable bonds is 8. The Hall–Kier alpha value is -2.39. The first-order valence-corrected chi connectivity index (χ1v) is 10.1. The van der Waals surface area contributed by atoms with Gasteiger partial charge in [-0.25, -0.2) is 4.39 Å². The maximum atomic E-state index is 14.1. The number of hydrogen-bond acceptors (Lipinski definition) is 1. The van der Waals surface area contributed by atoms with Gasteiger partial charge in [-0.1, -0.05) is 56.3 Å². The van der Waals surface area contributed by atoms with Crippen LogP contribution in [0.1, 0.15) is 43.2 Å². The molecule has 28 heavy (non-hydrogen) atoms. The summed E-state index contributed by atoms with van der Waals surface area (Å²) in [5.41, 5.74) is 4.62. The van der Waals surface area contributed by atoms with E-state index in [9.17, 15) is 4.39 Å². The predicted molar refractivity (Wildman–Crippen MR) is 115 cm³/mol. The SMILES string of the molecule is Cc1ccccc1CN(Cc1cccn1Cc1ccccc1F)[C@H](C)C(C)C. The fourth-order valence-corrected chi connectivity index (χ4v) is 3.54. The minimum absolute atomic E-state index is 0.144. The van der Waals surface area contributed by atoms with Crippen LogP contribution in [0.3, 0.4) is 0 Å². The van der Waals surface area contributed by atoms with Crippen LogP contribution < -0.4 is 0 Å². The molecule has 0 bridgehead atoms. The Balaban J connectivity index is 1.82. The first-order valence-electron chi connectivity index (χ1n) is 10.1. The van der Waals surface area contributed by atoms with Gasteiger partial charge in [-0.2, -0.15) is 0 Å². The second-order valence-corrected chi connectivity index (χ2v) is 8.03. The molecule has 3 heteroatoms. The van der Waals surface area contributed by atoms with Gasteiger partial charge >= 0.3 is 0 Å².